The first kappa shape index (κ1) is 10.6. The summed E-state index contributed by atoms with van der Waals surface area (Å²) in [5.74, 6) is 0. The maximum Gasteiger partial charge on any atom is 0.183 e. The van der Waals surface area contributed by atoms with Crippen LogP contribution in [0.2, 0.25) is 4.47 Å². The number of rotatable bonds is 2. The fourth-order valence-electron chi connectivity index (χ4n) is 1.38. The van der Waals surface area contributed by atoms with Crippen LogP contribution in [0.4, 0.5) is 0 Å². The molecule has 0 fully saturated rings. The van der Waals surface area contributed by atoms with Gasteiger partial charge in [-0.2, -0.15) is 0 Å². The fourth-order valence-corrected chi connectivity index (χ4v) is 2.39. The minimum absolute atomic E-state index is 0.446. The van der Waals surface area contributed by atoms with E-state index in [1.807, 2.05) is 30.3 Å². The van der Waals surface area contributed by atoms with E-state index >= 15 is 0 Å². The Bertz CT molecular complexity index is 453. The first-order valence-corrected chi connectivity index (χ1v) is 5.70. The van der Waals surface area contributed by atoms with Crippen LogP contribution in [-0.4, -0.2) is 10.1 Å². The molecular weight excluding hydrogens is 230 g/mol. The van der Waals surface area contributed by atoms with Gasteiger partial charge in [0, 0.05) is 6.20 Å². The number of benzene rings is 1. The molecule has 15 heavy (non-hydrogen) atoms. The maximum absolute atomic E-state index is 10.4. The van der Waals surface area contributed by atoms with Gasteiger partial charge in [-0.1, -0.05) is 41.9 Å². The zero-order chi connectivity index (χ0) is 10.9. The Hall–Kier alpha value is -0.900. The van der Waals surface area contributed by atoms with Crippen molar-refractivity contribution < 1.29 is 5.11 Å². The summed E-state index contributed by atoms with van der Waals surface area (Å²) in [6.45, 7) is 1.74. The van der Waals surface area contributed by atoms with Crippen molar-refractivity contribution in [3.05, 3.63) is 51.4 Å². The van der Waals surface area contributed by atoms with Crippen LogP contribution < -0.4 is 0 Å². The fraction of sp³-hybridized carbons (Fsp3) is 0.182. The third-order valence-electron chi connectivity index (χ3n) is 2.29. The van der Waals surface area contributed by atoms with Gasteiger partial charge >= 0.3 is 0 Å². The van der Waals surface area contributed by atoms with Crippen LogP contribution in [0.3, 0.4) is 0 Å². The highest BCUT2D eigenvalue weighted by Gasteiger charge is 2.27. The average molecular weight is 240 g/mol. The quantitative estimate of drug-likeness (QED) is 0.874. The summed E-state index contributed by atoms with van der Waals surface area (Å²) in [5.41, 5.74) is -0.184. The lowest BCUT2D eigenvalue weighted by Gasteiger charge is -2.21. The van der Waals surface area contributed by atoms with Crippen LogP contribution in [0.25, 0.3) is 0 Å². The Morgan fingerprint density at radius 3 is 2.53 bits per heavy atom. The zero-order valence-electron chi connectivity index (χ0n) is 8.14. The Kier molecular flexibility index (Phi) is 2.78. The largest absolute Gasteiger partial charge is 0.380 e. The minimum atomic E-state index is -1.02. The summed E-state index contributed by atoms with van der Waals surface area (Å²) in [7, 11) is 0. The Labute approximate surface area is 97.2 Å². The molecule has 0 aliphatic heterocycles. The van der Waals surface area contributed by atoms with Gasteiger partial charge in [0.25, 0.3) is 0 Å². The molecule has 4 heteroatoms. The maximum atomic E-state index is 10.4. The van der Waals surface area contributed by atoms with Crippen LogP contribution in [0, 0.1) is 0 Å². The van der Waals surface area contributed by atoms with Crippen molar-refractivity contribution in [2.75, 3.05) is 0 Å². The molecule has 1 heterocycles. The molecule has 2 nitrogen and oxygen atoms in total. The zero-order valence-corrected chi connectivity index (χ0v) is 9.72. The molecule has 1 N–H and O–H groups in total. The van der Waals surface area contributed by atoms with E-state index in [1.165, 1.54) is 11.3 Å². The van der Waals surface area contributed by atoms with E-state index in [-0.39, 0.29) is 0 Å². The van der Waals surface area contributed by atoms with E-state index in [0.717, 1.165) is 10.4 Å². The molecule has 0 amide bonds. The Balaban J connectivity index is 2.43. The molecule has 1 aromatic heterocycles. The number of thiazole rings is 1. The Morgan fingerprint density at radius 2 is 2.00 bits per heavy atom. The van der Waals surface area contributed by atoms with Gasteiger partial charge in [-0.05, 0) is 12.5 Å². The summed E-state index contributed by atoms with van der Waals surface area (Å²) in [6, 6.07) is 9.47. The SMILES string of the molecule is CC(O)(c1ccccc1)c1cnc(Cl)s1. The highest BCUT2D eigenvalue weighted by atomic mass is 35.5. The molecule has 0 bridgehead atoms. The number of nitrogens with zero attached hydrogens (tertiary/aromatic N) is 1. The number of halogens is 1. The molecule has 2 rings (SSSR count). The molecule has 0 saturated carbocycles. The second-order valence-corrected chi connectivity index (χ2v) is 5.03. The van der Waals surface area contributed by atoms with Crippen molar-refractivity contribution >= 4 is 22.9 Å². The van der Waals surface area contributed by atoms with E-state index in [2.05, 4.69) is 4.98 Å². The van der Waals surface area contributed by atoms with E-state index in [4.69, 9.17) is 11.6 Å². The van der Waals surface area contributed by atoms with Crippen LogP contribution in [-0.2, 0) is 5.60 Å². The van der Waals surface area contributed by atoms with Crippen molar-refractivity contribution in [3.63, 3.8) is 0 Å². The van der Waals surface area contributed by atoms with Crippen molar-refractivity contribution in [3.8, 4) is 0 Å². The molecule has 1 atom stereocenters. The van der Waals surface area contributed by atoms with Gasteiger partial charge in [0.2, 0.25) is 0 Å². The third kappa shape index (κ3) is 2.04. The van der Waals surface area contributed by atoms with Crippen molar-refractivity contribution in [2.45, 2.75) is 12.5 Å². The lowest BCUT2D eigenvalue weighted by atomic mass is 9.95. The van der Waals surface area contributed by atoms with Gasteiger partial charge in [0.1, 0.15) is 5.60 Å². The molecule has 78 valence electrons. The number of aliphatic hydroxyl groups is 1. The van der Waals surface area contributed by atoms with E-state index in [0.29, 0.717) is 4.47 Å². The summed E-state index contributed by atoms with van der Waals surface area (Å²) in [4.78, 5) is 4.68. The second kappa shape index (κ2) is 3.93. The lowest BCUT2D eigenvalue weighted by molar-refractivity contribution is 0.106. The van der Waals surface area contributed by atoms with Gasteiger partial charge < -0.3 is 5.11 Å². The number of hydrogen-bond acceptors (Lipinski definition) is 3. The average Bonchev–Trinajstić information content (AvgIpc) is 2.67. The predicted octanol–water partition coefficient (Wildman–Crippen LogP) is 3.05. The minimum Gasteiger partial charge on any atom is -0.380 e. The molecule has 0 saturated heterocycles. The van der Waals surface area contributed by atoms with Crippen LogP contribution in [0.1, 0.15) is 17.4 Å². The van der Waals surface area contributed by atoms with E-state index in [9.17, 15) is 5.11 Å². The van der Waals surface area contributed by atoms with Gasteiger partial charge in [-0.15, -0.1) is 11.3 Å². The van der Waals surface area contributed by atoms with E-state index in [1.54, 1.807) is 13.1 Å². The second-order valence-electron chi connectivity index (χ2n) is 3.42. The van der Waals surface area contributed by atoms with Crippen molar-refractivity contribution in [1.29, 1.82) is 0 Å². The lowest BCUT2D eigenvalue weighted by Crippen LogP contribution is -2.20. The van der Waals surface area contributed by atoms with Crippen molar-refractivity contribution in [2.24, 2.45) is 0 Å². The topological polar surface area (TPSA) is 33.1 Å². The molecule has 1 aromatic carbocycles. The normalized spacial score (nSPS) is 14.9. The van der Waals surface area contributed by atoms with E-state index < -0.39 is 5.60 Å². The molecular formula is C11H10ClNOS. The summed E-state index contributed by atoms with van der Waals surface area (Å²) >= 11 is 7.04. The first-order valence-electron chi connectivity index (χ1n) is 4.50. The highest BCUT2D eigenvalue weighted by Crippen LogP contribution is 2.33. The number of aromatic nitrogens is 1. The van der Waals surface area contributed by atoms with Gasteiger partial charge in [-0.25, -0.2) is 4.98 Å². The Morgan fingerprint density at radius 1 is 1.33 bits per heavy atom. The molecule has 1 unspecified atom stereocenters. The first-order chi connectivity index (χ1) is 7.10. The smallest absolute Gasteiger partial charge is 0.183 e. The van der Waals surface area contributed by atoms with Gasteiger partial charge in [0.15, 0.2) is 4.47 Å². The van der Waals surface area contributed by atoms with Gasteiger partial charge in [-0.3, -0.25) is 0 Å². The predicted molar refractivity (Wildman–Crippen MR) is 62.2 cm³/mol. The molecule has 0 radical (unpaired) electrons. The molecule has 0 aliphatic rings. The standard InChI is InChI=1S/C11H10ClNOS/c1-11(14,8-5-3-2-4-6-8)9-7-13-10(12)15-9/h2-7,14H,1H3. The summed E-state index contributed by atoms with van der Waals surface area (Å²) in [6.07, 6.45) is 1.61. The summed E-state index contributed by atoms with van der Waals surface area (Å²) < 4.78 is 0.446. The highest BCUT2D eigenvalue weighted by molar-refractivity contribution is 7.15. The molecule has 0 aliphatic carbocycles. The monoisotopic (exact) mass is 239 g/mol. The van der Waals surface area contributed by atoms with Crippen LogP contribution in [0.15, 0.2) is 36.5 Å². The molecule has 2 aromatic rings. The third-order valence-corrected chi connectivity index (χ3v) is 3.62. The summed E-state index contributed by atoms with van der Waals surface area (Å²) in [5, 5.41) is 10.4. The van der Waals surface area contributed by atoms with Crippen molar-refractivity contribution in [1.82, 2.24) is 4.98 Å². The molecule has 0 spiro atoms. The van der Waals surface area contributed by atoms with Crippen LogP contribution >= 0.6 is 22.9 Å². The van der Waals surface area contributed by atoms with Gasteiger partial charge in [0.05, 0.1) is 4.88 Å². The van der Waals surface area contributed by atoms with Crippen LogP contribution in [0.5, 0.6) is 0 Å². The number of hydrogen-bond donors (Lipinski definition) is 1.